The Morgan fingerprint density at radius 1 is 1.15 bits per heavy atom. The number of phenolic OH excluding ortho intramolecular Hbond substituents is 1. The number of fused-ring (bicyclic) bond motifs is 1. The molecule has 0 saturated heterocycles. The minimum absolute atomic E-state index is 0.0899. The highest BCUT2D eigenvalue weighted by Crippen LogP contribution is 2.36. The lowest BCUT2D eigenvalue weighted by Gasteiger charge is -2.22. The van der Waals surface area contributed by atoms with E-state index in [-0.39, 0.29) is 17.1 Å². The summed E-state index contributed by atoms with van der Waals surface area (Å²) < 4.78 is 0. The molecule has 2 aromatic carbocycles. The van der Waals surface area contributed by atoms with Crippen molar-refractivity contribution in [3.8, 4) is 11.4 Å². The summed E-state index contributed by atoms with van der Waals surface area (Å²) in [4.78, 5) is 13.4. The number of amides is 1. The molecule has 0 fully saturated rings. The van der Waals surface area contributed by atoms with Crippen molar-refractivity contribution in [2.75, 3.05) is 5.32 Å². The third-order valence-corrected chi connectivity index (χ3v) is 4.09. The Labute approximate surface area is 152 Å². The Hall–Kier alpha value is -3.15. The standard InChI is InChI=1S/C20H22N4O2/c1-12(2)19(26)21-16-10-13(20(3,4)5)11-17(18(16)25)24-22-14-8-6-7-9-15(14)23-24/h6-11,25H,1H2,2-5H3,(H,21,26). The van der Waals surface area contributed by atoms with Crippen LogP contribution < -0.4 is 5.32 Å². The summed E-state index contributed by atoms with van der Waals surface area (Å²) >= 11 is 0. The molecule has 1 aromatic heterocycles. The topological polar surface area (TPSA) is 80.0 Å². The fourth-order valence-corrected chi connectivity index (χ4v) is 2.50. The molecule has 6 nitrogen and oxygen atoms in total. The van der Waals surface area contributed by atoms with E-state index in [1.54, 1.807) is 13.0 Å². The van der Waals surface area contributed by atoms with Crippen LogP contribution in [0.25, 0.3) is 16.7 Å². The summed E-state index contributed by atoms with van der Waals surface area (Å²) in [5, 5.41) is 22.3. The molecule has 0 aliphatic heterocycles. The second kappa shape index (κ2) is 6.29. The number of nitrogens with one attached hydrogen (secondary N) is 1. The fraction of sp³-hybridized carbons (Fsp3) is 0.250. The van der Waals surface area contributed by atoms with Gasteiger partial charge in [-0.1, -0.05) is 39.5 Å². The number of benzene rings is 2. The van der Waals surface area contributed by atoms with Crippen LogP contribution in [0.5, 0.6) is 5.75 Å². The maximum Gasteiger partial charge on any atom is 0.250 e. The van der Waals surface area contributed by atoms with Gasteiger partial charge in [0.2, 0.25) is 0 Å². The van der Waals surface area contributed by atoms with E-state index < -0.39 is 0 Å². The lowest BCUT2D eigenvalue weighted by Crippen LogP contribution is -2.16. The van der Waals surface area contributed by atoms with Crippen molar-refractivity contribution in [1.82, 2.24) is 15.0 Å². The molecule has 1 amide bonds. The number of nitrogens with zero attached hydrogens (tertiary/aromatic N) is 3. The Morgan fingerprint density at radius 2 is 1.73 bits per heavy atom. The average molecular weight is 350 g/mol. The Bertz CT molecular complexity index is 979. The van der Waals surface area contributed by atoms with E-state index in [1.165, 1.54) is 4.80 Å². The van der Waals surface area contributed by atoms with Crippen LogP contribution in [0.4, 0.5) is 5.69 Å². The Kier molecular flexibility index (Phi) is 4.28. The first-order valence-electron chi connectivity index (χ1n) is 8.33. The molecular weight excluding hydrogens is 328 g/mol. The first-order chi connectivity index (χ1) is 12.2. The van der Waals surface area contributed by atoms with E-state index >= 15 is 0 Å². The third kappa shape index (κ3) is 3.31. The third-order valence-electron chi connectivity index (χ3n) is 4.09. The van der Waals surface area contributed by atoms with Crippen LogP contribution in [-0.2, 0) is 10.2 Å². The SMILES string of the molecule is C=C(C)C(=O)Nc1cc(C(C)(C)C)cc(-n2nc3ccccc3n2)c1O. The summed E-state index contributed by atoms with van der Waals surface area (Å²) in [6.07, 6.45) is 0. The summed E-state index contributed by atoms with van der Waals surface area (Å²) in [6.45, 7) is 11.4. The van der Waals surface area contributed by atoms with Gasteiger partial charge in [-0.15, -0.1) is 15.0 Å². The Morgan fingerprint density at radius 3 is 2.23 bits per heavy atom. The number of anilines is 1. The van der Waals surface area contributed by atoms with E-state index in [4.69, 9.17) is 0 Å². The maximum absolute atomic E-state index is 12.1. The number of carbonyl (C=O) groups excluding carboxylic acids is 1. The first-order valence-corrected chi connectivity index (χ1v) is 8.33. The molecule has 134 valence electrons. The van der Waals surface area contributed by atoms with Crippen molar-refractivity contribution in [3.63, 3.8) is 0 Å². The van der Waals surface area contributed by atoms with E-state index in [1.807, 2.05) is 30.3 Å². The first kappa shape index (κ1) is 17.7. The van der Waals surface area contributed by atoms with Crippen LogP contribution >= 0.6 is 0 Å². The van der Waals surface area contributed by atoms with Crippen LogP contribution in [-0.4, -0.2) is 26.0 Å². The molecule has 6 heteroatoms. The Balaban J connectivity index is 2.19. The van der Waals surface area contributed by atoms with Gasteiger partial charge in [0.15, 0.2) is 5.75 Å². The van der Waals surface area contributed by atoms with Crippen LogP contribution in [0.15, 0.2) is 48.6 Å². The molecule has 0 bridgehead atoms. The summed E-state index contributed by atoms with van der Waals surface area (Å²) in [5.41, 5.74) is 3.25. The van der Waals surface area contributed by atoms with Gasteiger partial charge in [-0.3, -0.25) is 4.79 Å². The molecule has 2 N–H and O–H groups in total. The number of hydrogen-bond donors (Lipinski definition) is 2. The number of aromatic nitrogens is 3. The van der Waals surface area contributed by atoms with Crippen LogP contribution in [0.1, 0.15) is 33.3 Å². The molecule has 3 rings (SSSR count). The number of hydrogen-bond acceptors (Lipinski definition) is 4. The quantitative estimate of drug-likeness (QED) is 0.554. The molecule has 0 aliphatic carbocycles. The van der Waals surface area contributed by atoms with Crippen molar-refractivity contribution >= 4 is 22.6 Å². The number of carbonyl (C=O) groups is 1. The van der Waals surface area contributed by atoms with Crippen molar-refractivity contribution in [3.05, 3.63) is 54.1 Å². The predicted octanol–water partition coefficient (Wildman–Crippen LogP) is 3.94. The van der Waals surface area contributed by atoms with E-state index in [0.29, 0.717) is 16.9 Å². The zero-order valence-electron chi connectivity index (χ0n) is 15.4. The lowest BCUT2D eigenvalue weighted by molar-refractivity contribution is -0.112. The lowest BCUT2D eigenvalue weighted by atomic mass is 9.86. The van der Waals surface area contributed by atoms with Crippen LogP contribution in [0, 0.1) is 0 Å². The zero-order chi connectivity index (χ0) is 19.1. The van der Waals surface area contributed by atoms with Gasteiger partial charge in [-0.25, -0.2) is 0 Å². The molecule has 0 aliphatic rings. The highest BCUT2D eigenvalue weighted by molar-refractivity contribution is 6.04. The second-order valence-corrected chi connectivity index (χ2v) is 7.35. The van der Waals surface area contributed by atoms with Crippen LogP contribution in [0.2, 0.25) is 0 Å². The smallest absolute Gasteiger partial charge is 0.250 e. The minimum atomic E-state index is -0.351. The van der Waals surface area contributed by atoms with Crippen LogP contribution in [0.3, 0.4) is 0 Å². The number of aromatic hydroxyl groups is 1. The number of rotatable bonds is 3. The van der Waals surface area contributed by atoms with Gasteiger partial charge in [-0.05, 0) is 42.2 Å². The van der Waals surface area contributed by atoms with Crippen molar-refractivity contribution in [2.24, 2.45) is 0 Å². The van der Waals surface area contributed by atoms with Crippen molar-refractivity contribution < 1.29 is 9.90 Å². The normalized spacial score (nSPS) is 11.5. The summed E-state index contributed by atoms with van der Waals surface area (Å²) in [7, 11) is 0. The largest absolute Gasteiger partial charge is 0.504 e. The molecule has 1 heterocycles. The predicted molar refractivity (Wildman–Crippen MR) is 103 cm³/mol. The summed E-state index contributed by atoms with van der Waals surface area (Å²) in [6, 6.07) is 11.1. The maximum atomic E-state index is 12.1. The molecule has 26 heavy (non-hydrogen) atoms. The highest BCUT2D eigenvalue weighted by Gasteiger charge is 2.22. The van der Waals surface area contributed by atoms with E-state index in [0.717, 1.165) is 16.6 Å². The van der Waals surface area contributed by atoms with Crippen molar-refractivity contribution in [2.45, 2.75) is 33.1 Å². The molecule has 3 aromatic rings. The molecule has 0 atom stereocenters. The van der Waals surface area contributed by atoms with Gasteiger partial charge in [0.25, 0.3) is 5.91 Å². The summed E-state index contributed by atoms with van der Waals surface area (Å²) in [5.74, 6) is -0.441. The molecule has 0 unspecified atom stereocenters. The zero-order valence-corrected chi connectivity index (χ0v) is 15.4. The second-order valence-electron chi connectivity index (χ2n) is 7.35. The molecule has 0 saturated carbocycles. The minimum Gasteiger partial charge on any atom is -0.504 e. The highest BCUT2D eigenvalue weighted by atomic mass is 16.3. The van der Waals surface area contributed by atoms with E-state index in [9.17, 15) is 9.90 Å². The van der Waals surface area contributed by atoms with Crippen molar-refractivity contribution in [1.29, 1.82) is 0 Å². The van der Waals surface area contributed by atoms with Gasteiger partial charge < -0.3 is 10.4 Å². The van der Waals surface area contributed by atoms with E-state index in [2.05, 4.69) is 42.9 Å². The van der Waals surface area contributed by atoms with Gasteiger partial charge in [0, 0.05) is 5.57 Å². The van der Waals surface area contributed by atoms with Gasteiger partial charge >= 0.3 is 0 Å². The fourth-order valence-electron chi connectivity index (χ4n) is 2.50. The monoisotopic (exact) mass is 350 g/mol. The van der Waals surface area contributed by atoms with Gasteiger partial charge in [0.05, 0.1) is 5.69 Å². The average Bonchev–Trinajstić information content (AvgIpc) is 2.99. The van der Waals surface area contributed by atoms with Gasteiger partial charge in [0.1, 0.15) is 16.7 Å². The van der Waals surface area contributed by atoms with Gasteiger partial charge in [-0.2, -0.15) is 0 Å². The molecule has 0 spiro atoms. The molecule has 0 radical (unpaired) electrons. The molecular formula is C20H22N4O2. The number of phenols is 1.